The molecule has 0 saturated heterocycles. The molecule has 7 heteroatoms. The number of carbonyl (C=O) groups excluding carboxylic acids is 1. The van der Waals surface area contributed by atoms with Gasteiger partial charge in [-0.2, -0.15) is 11.8 Å². The van der Waals surface area contributed by atoms with Crippen LogP contribution < -0.4 is 11.1 Å². The predicted molar refractivity (Wildman–Crippen MR) is 90.5 cm³/mol. The van der Waals surface area contributed by atoms with Crippen LogP contribution >= 0.6 is 11.8 Å². The van der Waals surface area contributed by atoms with Crippen molar-refractivity contribution in [2.45, 2.75) is 12.2 Å². The molecular weight excluding hydrogens is 314 g/mol. The van der Waals surface area contributed by atoms with E-state index in [4.69, 9.17) is 4.42 Å². The minimum Gasteiger partial charge on any atom is -0.408 e. The van der Waals surface area contributed by atoms with Gasteiger partial charge in [-0.1, -0.05) is 6.07 Å². The van der Waals surface area contributed by atoms with Gasteiger partial charge in [0.15, 0.2) is 5.58 Å². The van der Waals surface area contributed by atoms with Gasteiger partial charge in [0, 0.05) is 29.8 Å². The number of fused-ring (bicyclic) bond motifs is 1. The number of thioether (sulfide) groups is 1. The average molecular weight is 329 g/mol. The van der Waals surface area contributed by atoms with Crippen molar-refractivity contribution < 1.29 is 9.21 Å². The number of pyridine rings is 1. The van der Waals surface area contributed by atoms with Gasteiger partial charge in [0.05, 0.1) is 11.2 Å². The van der Waals surface area contributed by atoms with Crippen LogP contribution in [0.2, 0.25) is 0 Å². The summed E-state index contributed by atoms with van der Waals surface area (Å²) in [6, 6.07) is 10.8. The summed E-state index contributed by atoms with van der Waals surface area (Å²) in [5, 5.41) is 2.81. The van der Waals surface area contributed by atoms with E-state index >= 15 is 0 Å². The molecule has 1 aromatic carbocycles. The van der Waals surface area contributed by atoms with Gasteiger partial charge in [-0.3, -0.25) is 14.8 Å². The van der Waals surface area contributed by atoms with Gasteiger partial charge in [0.1, 0.15) is 0 Å². The summed E-state index contributed by atoms with van der Waals surface area (Å²) in [7, 11) is 0. The van der Waals surface area contributed by atoms with Crippen LogP contribution in [0.25, 0.3) is 11.1 Å². The molecule has 0 unspecified atom stereocenters. The van der Waals surface area contributed by atoms with Crippen molar-refractivity contribution in [1.29, 1.82) is 0 Å². The number of rotatable bonds is 6. The zero-order valence-corrected chi connectivity index (χ0v) is 13.1. The van der Waals surface area contributed by atoms with E-state index < -0.39 is 5.76 Å². The quantitative estimate of drug-likeness (QED) is 0.679. The lowest BCUT2D eigenvalue weighted by Gasteiger charge is -2.05. The van der Waals surface area contributed by atoms with Crippen molar-refractivity contribution in [2.24, 2.45) is 0 Å². The average Bonchev–Trinajstić information content (AvgIpc) is 2.92. The summed E-state index contributed by atoms with van der Waals surface area (Å²) in [6.45, 7) is 0. The second kappa shape index (κ2) is 7.15. The van der Waals surface area contributed by atoms with Gasteiger partial charge < -0.3 is 9.73 Å². The normalized spacial score (nSPS) is 10.8. The third-order valence-electron chi connectivity index (χ3n) is 3.15. The molecule has 23 heavy (non-hydrogen) atoms. The molecule has 118 valence electrons. The lowest BCUT2D eigenvalue weighted by Crippen LogP contribution is -2.12. The van der Waals surface area contributed by atoms with Gasteiger partial charge in [0.2, 0.25) is 5.91 Å². The van der Waals surface area contributed by atoms with Crippen molar-refractivity contribution in [1.82, 2.24) is 9.97 Å². The maximum absolute atomic E-state index is 11.9. The van der Waals surface area contributed by atoms with Crippen LogP contribution in [-0.4, -0.2) is 21.6 Å². The van der Waals surface area contributed by atoms with E-state index in [1.165, 1.54) is 0 Å². The number of hydrogen-bond acceptors (Lipinski definition) is 5. The van der Waals surface area contributed by atoms with Crippen molar-refractivity contribution in [3.8, 4) is 0 Å². The Balaban J connectivity index is 1.47. The van der Waals surface area contributed by atoms with Crippen LogP contribution in [0, 0.1) is 0 Å². The molecule has 0 aliphatic rings. The molecule has 3 aromatic rings. The second-order valence-electron chi connectivity index (χ2n) is 4.90. The zero-order valence-electron chi connectivity index (χ0n) is 12.2. The predicted octanol–water partition coefficient (Wildman–Crippen LogP) is 2.78. The maximum Gasteiger partial charge on any atom is 0.417 e. The van der Waals surface area contributed by atoms with Crippen LogP contribution in [0.15, 0.2) is 51.8 Å². The van der Waals surface area contributed by atoms with Gasteiger partial charge in [-0.05, 0) is 30.3 Å². The van der Waals surface area contributed by atoms with Crippen molar-refractivity contribution in [3.63, 3.8) is 0 Å². The van der Waals surface area contributed by atoms with Crippen molar-refractivity contribution in [3.05, 3.63) is 58.8 Å². The smallest absolute Gasteiger partial charge is 0.408 e. The van der Waals surface area contributed by atoms with Crippen molar-refractivity contribution >= 4 is 34.5 Å². The molecule has 6 nitrogen and oxygen atoms in total. The summed E-state index contributed by atoms with van der Waals surface area (Å²) in [5.41, 5.74) is 2.68. The summed E-state index contributed by atoms with van der Waals surface area (Å²) >= 11 is 1.67. The zero-order chi connectivity index (χ0) is 16.1. The number of benzene rings is 1. The summed E-state index contributed by atoms with van der Waals surface area (Å²) in [4.78, 5) is 29.8. The molecule has 0 aliphatic heterocycles. The van der Waals surface area contributed by atoms with Crippen LogP contribution in [-0.2, 0) is 10.5 Å². The first kappa shape index (κ1) is 15.4. The largest absolute Gasteiger partial charge is 0.417 e. The number of anilines is 1. The van der Waals surface area contributed by atoms with E-state index in [0.29, 0.717) is 29.0 Å². The Morgan fingerprint density at radius 3 is 3.04 bits per heavy atom. The Morgan fingerprint density at radius 2 is 2.22 bits per heavy atom. The molecule has 0 fully saturated rings. The molecule has 0 atom stereocenters. The molecule has 0 bridgehead atoms. The number of nitrogens with one attached hydrogen (secondary N) is 2. The van der Waals surface area contributed by atoms with Gasteiger partial charge in [0.25, 0.3) is 0 Å². The van der Waals surface area contributed by atoms with Gasteiger partial charge in [-0.25, -0.2) is 4.79 Å². The monoisotopic (exact) mass is 329 g/mol. The molecular formula is C16H15N3O3S. The van der Waals surface area contributed by atoms with E-state index in [9.17, 15) is 9.59 Å². The fourth-order valence-electron chi connectivity index (χ4n) is 2.08. The topological polar surface area (TPSA) is 88.0 Å². The Labute approximate surface area is 136 Å². The number of nitrogens with zero attached hydrogens (tertiary/aromatic N) is 1. The standard InChI is InChI=1S/C16H15N3O3S/c20-15(6-8-23-10-12-3-1-2-7-17-12)18-11-4-5-14-13(9-11)19-16(21)22-14/h1-5,7,9H,6,8,10H2,(H,18,20)(H,19,21). The second-order valence-corrected chi connectivity index (χ2v) is 6.00. The lowest BCUT2D eigenvalue weighted by molar-refractivity contribution is -0.115. The molecule has 0 saturated carbocycles. The number of aromatic nitrogens is 2. The Kier molecular flexibility index (Phi) is 4.77. The maximum atomic E-state index is 11.9. The Hall–Kier alpha value is -2.54. The summed E-state index contributed by atoms with van der Waals surface area (Å²) < 4.78 is 4.92. The van der Waals surface area contributed by atoms with E-state index in [1.54, 1.807) is 36.2 Å². The van der Waals surface area contributed by atoms with Crippen LogP contribution in [0.4, 0.5) is 5.69 Å². The number of oxazole rings is 1. The Bertz CT molecular complexity index is 858. The van der Waals surface area contributed by atoms with Gasteiger partial charge in [-0.15, -0.1) is 0 Å². The Morgan fingerprint density at radius 1 is 1.30 bits per heavy atom. The fraction of sp³-hybridized carbons (Fsp3) is 0.188. The lowest BCUT2D eigenvalue weighted by atomic mass is 10.3. The van der Waals surface area contributed by atoms with Crippen LogP contribution in [0.5, 0.6) is 0 Å². The summed E-state index contributed by atoms with van der Waals surface area (Å²) in [6.07, 6.45) is 2.18. The van der Waals surface area contributed by atoms with Crippen LogP contribution in [0.3, 0.4) is 0 Å². The number of amides is 1. The summed E-state index contributed by atoms with van der Waals surface area (Å²) in [5.74, 6) is 0.932. The highest BCUT2D eigenvalue weighted by Gasteiger charge is 2.06. The minimum absolute atomic E-state index is 0.0660. The van der Waals surface area contributed by atoms with Crippen LogP contribution in [0.1, 0.15) is 12.1 Å². The molecule has 2 heterocycles. The molecule has 0 radical (unpaired) electrons. The number of hydrogen-bond donors (Lipinski definition) is 2. The fourth-order valence-corrected chi connectivity index (χ4v) is 2.93. The first-order chi connectivity index (χ1) is 11.2. The first-order valence-electron chi connectivity index (χ1n) is 7.11. The number of H-pyrrole nitrogens is 1. The van der Waals surface area contributed by atoms with Crippen molar-refractivity contribution in [2.75, 3.05) is 11.1 Å². The highest BCUT2D eigenvalue weighted by molar-refractivity contribution is 7.98. The SMILES string of the molecule is O=C(CCSCc1ccccn1)Nc1ccc2oc(=O)[nH]c2c1. The molecule has 1 amide bonds. The highest BCUT2D eigenvalue weighted by atomic mass is 32.2. The molecule has 3 rings (SSSR count). The van der Waals surface area contributed by atoms with E-state index in [1.807, 2.05) is 18.2 Å². The molecule has 0 spiro atoms. The number of aromatic amines is 1. The van der Waals surface area contributed by atoms with E-state index in [2.05, 4.69) is 15.3 Å². The van der Waals surface area contributed by atoms with E-state index in [0.717, 1.165) is 11.4 Å². The molecule has 0 aliphatic carbocycles. The third kappa shape index (κ3) is 4.23. The number of carbonyl (C=O) groups is 1. The van der Waals surface area contributed by atoms with E-state index in [-0.39, 0.29) is 5.91 Å². The molecule has 2 N–H and O–H groups in total. The minimum atomic E-state index is -0.505. The highest BCUT2D eigenvalue weighted by Crippen LogP contribution is 2.17. The van der Waals surface area contributed by atoms with Gasteiger partial charge >= 0.3 is 5.76 Å². The molecule has 2 aromatic heterocycles. The third-order valence-corrected chi connectivity index (χ3v) is 4.14. The first-order valence-corrected chi connectivity index (χ1v) is 8.26.